The fourth-order valence-corrected chi connectivity index (χ4v) is 2.32. The molecule has 0 aromatic carbocycles. The Hall–Kier alpha value is -1.36. The SMILES string of the molecule is Cc1ncsc1CNc1cnn(CC(C)C)c1. The zero-order chi connectivity index (χ0) is 12.3. The molecule has 0 amide bonds. The summed E-state index contributed by atoms with van der Waals surface area (Å²) in [6, 6.07) is 0. The van der Waals surface area contributed by atoms with Gasteiger partial charge in [0.2, 0.25) is 0 Å². The number of nitrogens with one attached hydrogen (secondary N) is 1. The van der Waals surface area contributed by atoms with Crippen LogP contribution in [0.3, 0.4) is 0 Å². The normalized spacial score (nSPS) is 11.1. The highest BCUT2D eigenvalue weighted by molar-refractivity contribution is 7.09. The molecule has 5 heteroatoms. The number of aryl methyl sites for hydroxylation is 1. The predicted octanol–water partition coefficient (Wildman–Crippen LogP) is 2.92. The highest BCUT2D eigenvalue weighted by Crippen LogP contribution is 2.15. The first-order valence-corrected chi connectivity index (χ1v) is 6.68. The Morgan fingerprint density at radius 1 is 1.47 bits per heavy atom. The monoisotopic (exact) mass is 250 g/mol. The molecule has 0 spiro atoms. The molecule has 0 radical (unpaired) electrons. The van der Waals surface area contributed by atoms with E-state index in [1.165, 1.54) is 4.88 Å². The van der Waals surface area contributed by atoms with E-state index < -0.39 is 0 Å². The molecule has 0 aliphatic heterocycles. The summed E-state index contributed by atoms with van der Waals surface area (Å²) < 4.78 is 1.98. The van der Waals surface area contributed by atoms with E-state index in [0.29, 0.717) is 5.92 Å². The molecule has 0 aliphatic carbocycles. The topological polar surface area (TPSA) is 42.7 Å². The van der Waals surface area contributed by atoms with Crippen LogP contribution in [0, 0.1) is 12.8 Å². The summed E-state index contributed by atoms with van der Waals surface area (Å²) in [7, 11) is 0. The Kier molecular flexibility index (Phi) is 3.78. The summed E-state index contributed by atoms with van der Waals surface area (Å²) >= 11 is 1.69. The van der Waals surface area contributed by atoms with E-state index in [2.05, 4.69) is 35.4 Å². The van der Waals surface area contributed by atoms with Crippen LogP contribution in [0.15, 0.2) is 17.9 Å². The van der Waals surface area contributed by atoms with Gasteiger partial charge in [0, 0.05) is 17.6 Å². The van der Waals surface area contributed by atoms with Crippen LogP contribution < -0.4 is 5.32 Å². The molecule has 2 rings (SSSR count). The highest BCUT2D eigenvalue weighted by Gasteiger charge is 2.03. The number of rotatable bonds is 5. The van der Waals surface area contributed by atoms with Gasteiger partial charge in [0.25, 0.3) is 0 Å². The summed E-state index contributed by atoms with van der Waals surface area (Å²) in [5, 5.41) is 7.69. The van der Waals surface area contributed by atoms with Crippen LogP contribution >= 0.6 is 11.3 Å². The predicted molar refractivity (Wildman–Crippen MR) is 71.2 cm³/mol. The molecule has 0 bridgehead atoms. The van der Waals surface area contributed by atoms with Gasteiger partial charge in [0.05, 0.1) is 29.6 Å². The lowest BCUT2D eigenvalue weighted by atomic mass is 10.2. The second kappa shape index (κ2) is 5.31. The maximum Gasteiger partial charge on any atom is 0.0798 e. The Morgan fingerprint density at radius 3 is 2.94 bits per heavy atom. The van der Waals surface area contributed by atoms with Gasteiger partial charge >= 0.3 is 0 Å². The number of aromatic nitrogens is 3. The first kappa shape index (κ1) is 12.1. The van der Waals surface area contributed by atoms with E-state index in [4.69, 9.17) is 0 Å². The van der Waals surface area contributed by atoms with Gasteiger partial charge in [-0.15, -0.1) is 11.3 Å². The molecule has 92 valence electrons. The summed E-state index contributed by atoms with van der Waals surface area (Å²) in [5.41, 5.74) is 4.06. The minimum atomic E-state index is 0.617. The van der Waals surface area contributed by atoms with Crippen LogP contribution in [0.4, 0.5) is 5.69 Å². The molecule has 0 fully saturated rings. The maximum absolute atomic E-state index is 4.32. The number of hydrogen-bond donors (Lipinski definition) is 1. The Labute approximate surface area is 106 Å². The standard InChI is InChI=1S/C12H18N4S/c1-9(2)6-16-7-11(4-15-16)13-5-12-10(3)14-8-17-12/h4,7-9,13H,5-6H2,1-3H3. The van der Waals surface area contributed by atoms with Crippen molar-refractivity contribution < 1.29 is 0 Å². The van der Waals surface area contributed by atoms with Gasteiger partial charge in [0.15, 0.2) is 0 Å². The molecule has 17 heavy (non-hydrogen) atoms. The lowest BCUT2D eigenvalue weighted by Crippen LogP contribution is -2.04. The third-order valence-electron chi connectivity index (χ3n) is 2.48. The van der Waals surface area contributed by atoms with Crippen LogP contribution in [-0.4, -0.2) is 14.8 Å². The molecule has 2 aromatic heterocycles. The van der Waals surface area contributed by atoms with Crippen LogP contribution in [0.2, 0.25) is 0 Å². The van der Waals surface area contributed by atoms with Crippen LogP contribution in [0.25, 0.3) is 0 Å². The molecule has 4 nitrogen and oxygen atoms in total. The number of hydrogen-bond acceptors (Lipinski definition) is 4. The molecule has 1 N–H and O–H groups in total. The molecule has 2 heterocycles. The van der Waals surface area contributed by atoms with Gasteiger partial charge in [0.1, 0.15) is 0 Å². The van der Waals surface area contributed by atoms with Gasteiger partial charge in [-0.3, -0.25) is 4.68 Å². The number of thiazole rings is 1. The van der Waals surface area contributed by atoms with Crippen molar-refractivity contribution in [2.75, 3.05) is 5.32 Å². The van der Waals surface area contributed by atoms with Gasteiger partial charge in [-0.25, -0.2) is 4.98 Å². The molecular formula is C12H18N4S. The number of anilines is 1. The van der Waals surface area contributed by atoms with Gasteiger partial charge in [-0.2, -0.15) is 5.10 Å². The van der Waals surface area contributed by atoms with Crippen molar-refractivity contribution in [1.82, 2.24) is 14.8 Å². The molecular weight excluding hydrogens is 232 g/mol. The number of nitrogens with zero attached hydrogens (tertiary/aromatic N) is 3. The second-order valence-electron chi connectivity index (χ2n) is 4.56. The van der Waals surface area contributed by atoms with E-state index in [0.717, 1.165) is 24.5 Å². The van der Waals surface area contributed by atoms with E-state index in [1.54, 1.807) is 11.3 Å². The van der Waals surface area contributed by atoms with Crippen molar-refractivity contribution in [2.45, 2.75) is 33.9 Å². The van der Waals surface area contributed by atoms with E-state index in [9.17, 15) is 0 Å². The van der Waals surface area contributed by atoms with E-state index in [-0.39, 0.29) is 0 Å². The summed E-state index contributed by atoms with van der Waals surface area (Å²) in [6.45, 7) is 8.20. The van der Waals surface area contributed by atoms with Crippen molar-refractivity contribution in [2.24, 2.45) is 5.92 Å². The van der Waals surface area contributed by atoms with Gasteiger partial charge < -0.3 is 5.32 Å². The molecule has 0 saturated heterocycles. The fraction of sp³-hybridized carbons (Fsp3) is 0.500. The van der Waals surface area contributed by atoms with Crippen LogP contribution in [0.5, 0.6) is 0 Å². The lowest BCUT2D eigenvalue weighted by Gasteiger charge is -2.04. The van der Waals surface area contributed by atoms with Crippen molar-refractivity contribution in [3.8, 4) is 0 Å². The van der Waals surface area contributed by atoms with Crippen molar-refractivity contribution in [1.29, 1.82) is 0 Å². The molecule has 0 saturated carbocycles. The van der Waals surface area contributed by atoms with Crippen molar-refractivity contribution in [3.63, 3.8) is 0 Å². The minimum absolute atomic E-state index is 0.617. The van der Waals surface area contributed by atoms with Gasteiger partial charge in [-0.05, 0) is 12.8 Å². The second-order valence-corrected chi connectivity index (χ2v) is 5.50. The fourth-order valence-electron chi connectivity index (χ4n) is 1.61. The molecule has 0 aliphatic rings. The maximum atomic E-state index is 4.32. The quantitative estimate of drug-likeness (QED) is 0.887. The lowest BCUT2D eigenvalue weighted by molar-refractivity contribution is 0.483. The average molecular weight is 250 g/mol. The Balaban J connectivity index is 1.91. The first-order valence-electron chi connectivity index (χ1n) is 5.80. The third-order valence-corrected chi connectivity index (χ3v) is 3.42. The van der Waals surface area contributed by atoms with E-state index >= 15 is 0 Å². The average Bonchev–Trinajstić information content (AvgIpc) is 2.84. The van der Waals surface area contributed by atoms with Gasteiger partial charge in [-0.1, -0.05) is 13.8 Å². The summed E-state index contributed by atoms with van der Waals surface area (Å²) in [6.07, 6.45) is 3.93. The van der Waals surface area contributed by atoms with Crippen LogP contribution in [0.1, 0.15) is 24.4 Å². The largest absolute Gasteiger partial charge is 0.378 e. The highest BCUT2D eigenvalue weighted by atomic mass is 32.1. The first-order chi connectivity index (χ1) is 8.15. The summed E-state index contributed by atoms with van der Waals surface area (Å²) in [5.74, 6) is 0.617. The zero-order valence-electron chi connectivity index (χ0n) is 10.5. The van der Waals surface area contributed by atoms with Crippen LogP contribution in [-0.2, 0) is 13.1 Å². The minimum Gasteiger partial charge on any atom is -0.378 e. The molecule has 0 atom stereocenters. The molecule has 0 unspecified atom stereocenters. The Bertz CT molecular complexity index is 472. The van der Waals surface area contributed by atoms with Crippen molar-refractivity contribution in [3.05, 3.63) is 28.5 Å². The van der Waals surface area contributed by atoms with E-state index in [1.807, 2.05) is 23.3 Å². The molecule has 2 aromatic rings. The summed E-state index contributed by atoms with van der Waals surface area (Å²) in [4.78, 5) is 5.51. The third kappa shape index (κ3) is 3.30. The smallest absolute Gasteiger partial charge is 0.0798 e. The van der Waals surface area contributed by atoms with Crippen molar-refractivity contribution >= 4 is 17.0 Å². The zero-order valence-corrected chi connectivity index (χ0v) is 11.3. The Morgan fingerprint density at radius 2 is 2.29 bits per heavy atom.